The van der Waals surface area contributed by atoms with Crippen LogP contribution >= 0.6 is 0 Å². The fourth-order valence-corrected chi connectivity index (χ4v) is 4.94. The lowest BCUT2D eigenvalue weighted by Crippen LogP contribution is -2.54. The molecule has 0 radical (unpaired) electrons. The van der Waals surface area contributed by atoms with Gasteiger partial charge in [0.05, 0.1) is 18.6 Å². The first-order valence-corrected chi connectivity index (χ1v) is 14.1. The van der Waals surface area contributed by atoms with Crippen LogP contribution in [0.1, 0.15) is 40.2 Å². The lowest BCUT2D eigenvalue weighted by Gasteiger charge is -2.33. The standard InChI is InChI=1S/C27H37N3O7S/c1-7-38(33,34)30(21-10-13-23-24(16-21)37-15-14-36-23)18-25(31)29(19(2)26(32)28-27(3,4)5)17-20-8-11-22(35-6)12-9-20/h8-13,16,19H,7,14-15,17-18H2,1-6H3,(H,28,32)/t19-/m0/s1. The zero-order valence-electron chi connectivity index (χ0n) is 22.8. The lowest BCUT2D eigenvalue weighted by molar-refractivity contribution is -0.140. The number of nitrogens with zero attached hydrogens (tertiary/aromatic N) is 2. The van der Waals surface area contributed by atoms with Crippen LogP contribution in [-0.2, 0) is 26.2 Å². The minimum Gasteiger partial charge on any atom is -0.497 e. The molecule has 1 atom stereocenters. The summed E-state index contributed by atoms with van der Waals surface area (Å²) in [7, 11) is -2.29. The Labute approximate surface area is 224 Å². The number of nitrogens with one attached hydrogen (secondary N) is 1. The maximum Gasteiger partial charge on any atom is 0.244 e. The van der Waals surface area contributed by atoms with Gasteiger partial charge in [-0.25, -0.2) is 8.42 Å². The third-order valence-electron chi connectivity index (χ3n) is 5.97. The summed E-state index contributed by atoms with van der Waals surface area (Å²) in [5.74, 6) is 0.490. The van der Waals surface area contributed by atoms with Gasteiger partial charge in [0.2, 0.25) is 21.8 Å². The molecule has 1 heterocycles. The van der Waals surface area contributed by atoms with E-state index in [0.29, 0.717) is 30.5 Å². The summed E-state index contributed by atoms with van der Waals surface area (Å²) in [6.07, 6.45) is 0. The molecule has 0 fully saturated rings. The van der Waals surface area contributed by atoms with E-state index in [1.807, 2.05) is 20.8 Å². The largest absolute Gasteiger partial charge is 0.497 e. The molecule has 0 saturated heterocycles. The Bertz CT molecular complexity index is 1240. The van der Waals surface area contributed by atoms with Crippen molar-refractivity contribution >= 4 is 27.5 Å². The second-order valence-corrected chi connectivity index (χ2v) is 12.2. The Morgan fingerprint density at radius 2 is 1.68 bits per heavy atom. The Morgan fingerprint density at radius 3 is 2.26 bits per heavy atom. The van der Waals surface area contributed by atoms with Crippen molar-refractivity contribution in [2.45, 2.75) is 52.7 Å². The Morgan fingerprint density at radius 1 is 1.05 bits per heavy atom. The van der Waals surface area contributed by atoms with Crippen LogP contribution in [0.15, 0.2) is 42.5 Å². The summed E-state index contributed by atoms with van der Waals surface area (Å²) in [6, 6.07) is 11.0. The molecule has 2 amide bonds. The van der Waals surface area contributed by atoms with Gasteiger partial charge in [0.1, 0.15) is 31.5 Å². The number of anilines is 1. The molecule has 0 saturated carbocycles. The summed E-state index contributed by atoms with van der Waals surface area (Å²) < 4.78 is 43.7. The summed E-state index contributed by atoms with van der Waals surface area (Å²) in [5.41, 5.74) is 0.530. The van der Waals surface area contributed by atoms with Gasteiger partial charge in [-0.05, 0) is 64.4 Å². The van der Waals surface area contributed by atoms with Gasteiger partial charge in [-0.2, -0.15) is 0 Å². The van der Waals surface area contributed by atoms with Gasteiger partial charge in [0, 0.05) is 18.2 Å². The number of rotatable bonds is 10. The van der Waals surface area contributed by atoms with E-state index in [1.54, 1.807) is 56.5 Å². The zero-order valence-corrected chi connectivity index (χ0v) is 23.6. The van der Waals surface area contributed by atoms with Crippen LogP contribution in [0.5, 0.6) is 17.2 Å². The topological polar surface area (TPSA) is 114 Å². The SMILES string of the molecule is CCS(=O)(=O)N(CC(=O)N(Cc1ccc(OC)cc1)[C@@H](C)C(=O)NC(C)(C)C)c1ccc2c(c1)OCCO2. The number of hydrogen-bond donors (Lipinski definition) is 1. The molecule has 38 heavy (non-hydrogen) atoms. The van der Waals surface area contributed by atoms with Crippen molar-refractivity contribution in [3.05, 3.63) is 48.0 Å². The summed E-state index contributed by atoms with van der Waals surface area (Å²) in [4.78, 5) is 28.2. The van der Waals surface area contributed by atoms with Crippen LogP contribution in [-0.4, -0.2) is 69.3 Å². The maximum absolute atomic E-state index is 13.8. The second-order valence-electron chi connectivity index (χ2n) is 10.0. The number of fused-ring (bicyclic) bond motifs is 1. The van der Waals surface area contributed by atoms with Crippen molar-refractivity contribution in [3.8, 4) is 17.2 Å². The van der Waals surface area contributed by atoms with Crippen molar-refractivity contribution in [2.24, 2.45) is 0 Å². The molecule has 1 N–H and O–H groups in total. The average Bonchev–Trinajstić information content (AvgIpc) is 2.88. The first kappa shape index (κ1) is 29.1. The third kappa shape index (κ3) is 7.31. The van der Waals surface area contributed by atoms with E-state index >= 15 is 0 Å². The van der Waals surface area contributed by atoms with Gasteiger partial charge in [-0.15, -0.1) is 0 Å². The van der Waals surface area contributed by atoms with Crippen LogP contribution in [0.25, 0.3) is 0 Å². The Kier molecular flexibility index (Phi) is 9.14. The molecule has 1 aliphatic rings. The van der Waals surface area contributed by atoms with Crippen molar-refractivity contribution in [3.63, 3.8) is 0 Å². The fraction of sp³-hybridized carbons (Fsp3) is 0.481. The van der Waals surface area contributed by atoms with Crippen molar-refractivity contribution in [2.75, 3.05) is 36.9 Å². The van der Waals surface area contributed by atoms with E-state index < -0.39 is 34.1 Å². The highest BCUT2D eigenvalue weighted by molar-refractivity contribution is 7.92. The molecular formula is C27H37N3O7S. The number of benzene rings is 2. The van der Waals surface area contributed by atoms with E-state index in [9.17, 15) is 18.0 Å². The van der Waals surface area contributed by atoms with E-state index in [2.05, 4.69) is 5.32 Å². The minimum atomic E-state index is -3.85. The van der Waals surface area contributed by atoms with E-state index in [4.69, 9.17) is 14.2 Å². The second kappa shape index (κ2) is 11.9. The van der Waals surface area contributed by atoms with Crippen molar-refractivity contribution in [1.82, 2.24) is 10.2 Å². The molecule has 3 rings (SSSR count). The summed E-state index contributed by atoms with van der Waals surface area (Å²) in [5, 5.41) is 2.90. The van der Waals surface area contributed by atoms with E-state index in [1.165, 1.54) is 11.8 Å². The summed E-state index contributed by atoms with van der Waals surface area (Å²) in [6.45, 7) is 9.05. The zero-order chi connectivity index (χ0) is 28.1. The predicted molar refractivity (Wildman–Crippen MR) is 145 cm³/mol. The van der Waals surface area contributed by atoms with Gasteiger partial charge < -0.3 is 24.4 Å². The van der Waals surface area contributed by atoms with Crippen LogP contribution in [0, 0.1) is 0 Å². The number of amides is 2. The first-order valence-electron chi connectivity index (χ1n) is 12.5. The normalized spacial score (nSPS) is 13.8. The van der Waals surface area contributed by atoms with Crippen LogP contribution in [0.2, 0.25) is 0 Å². The number of methoxy groups -OCH3 is 1. The third-order valence-corrected chi connectivity index (χ3v) is 7.71. The molecule has 208 valence electrons. The van der Waals surface area contributed by atoms with E-state index in [-0.39, 0.29) is 23.9 Å². The Balaban J connectivity index is 1.95. The van der Waals surface area contributed by atoms with Crippen LogP contribution in [0.4, 0.5) is 5.69 Å². The molecule has 0 spiro atoms. The molecule has 0 bridgehead atoms. The molecule has 2 aromatic carbocycles. The molecule has 2 aromatic rings. The fourth-order valence-electron chi connectivity index (χ4n) is 3.89. The van der Waals surface area contributed by atoms with Gasteiger partial charge >= 0.3 is 0 Å². The number of ether oxygens (including phenoxy) is 3. The number of carbonyl (C=O) groups is 2. The highest BCUT2D eigenvalue weighted by Gasteiger charge is 2.32. The average molecular weight is 548 g/mol. The van der Waals surface area contributed by atoms with Crippen molar-refractivity contribution < 1.29 is 32.2 Å². The maximum atomic E-state index is 13.8. The van der Waals surface area contributed by atoms with Gasteiger partial charge in [-0.3, -0.25) is 13.9 Å². The van der Waals surface area contributed by atoms with E-state index in [0.717, 1.165) is 9.87 Å². The molecule has 10 nitrogen and oxygen atoms in total. The smallest absolute Gasteiger partial charge is 0.244 e. The van der Waals surface area contributed by atoms with Gasteiger partial charge in [0.15, 0.2) is 11.5 Å². The molecule has 0 aliphatic carbocycles. The van der Waals surface area contributed by atoms with Crippen molar-refractivity contribution in [1.29, 1.82) is 0 Å². The number of sulfonamides is 1. The number of hydrogen-bond acceptors (Lipinski definition) is 7. The molecule has 1 aliphatic heterocycles. The van der Waals surface area contributed by atoms with Gasteiger partial charge in [0.25, 0.3) is 0 Å². The minimum absolute atomic E-state index is 0.0999. The van der Waals surface area contributed by atoms with Crippen LogP contribution < -0.4 is 23.8 Å². The highest BCUT2D eigenvalue weighted by atomic mass is 32.2. The molecule has 0 unspecified atom stereocenters. The van der Waals surface area contributed by atoms with Crippen LogP contribution in [0.3, 0.4) is 0 Å². The predicted octanol–water partition coefficient (Wildman–Crippen LogP) is 2.95. The highest BCUT2D eigenvalue weighted by Crippen LogP contribution is 2.35. The first-order chi connectivity index (χ1) is 17.8. The molecule has 11 heteroatoms. The summed E-state index contributed by atoms with van der Waals surface area (Å²) >= 11 is 0. The molecule has 0 aromatic heterocycles. The number of carbonyl (C=O) groups excluding carboxylic acids is 2. The monoisotopic (exact) mass is 547 g/mol. The Hall–Kier alpha value is -3.47. The van der Waals surface area contributed by atoms with Gasteiger partial charge in [-0.1, -0.05) is 12.1 Å². The quantitative estimate of drug-likeness (QED) is 0.486. The molecular weight excluding hydrogens is 510 g/mol. The lowest BCUT2D eigenvalue weighted by atomic mass is 10.1.